The maximum absolute atomic E-state index is 12.4. The number of nitrogens with zero attached hydrogens (tertiary/aromatic N) is 1. The number of amides is 2. The summed E-state index contributed by atoms with van der Waals surface area (Å²) in [6.07, 6.45) is 1.13. The monoisotopic (exact) mass is 346 g/mol. The van der Waals surface area contributed by atoms with E-state index in [2.05, 4.69) is 26.1 Å². The molecule has 0 aliphatic carbocycles. The highest BCUT2D eigenvalue weighted by Crippen LogP contribution is 2.27. The van der Waals surface area contributed by atoms with Crippen molar-refractivity contribution in [2.75, 3.05) is 18.1 Å². The molecule has 1 atom stereocenters. The van der Waals surface area contributed by atoms with Crippen molar-refractivity contribution >= 4 is 21.7 Å². The second kappa shape index (κ2) is 6.79. The first kappa shape index (κ1) is 19.9. The van der Waals surface area contributed by atoms with Crippen LogP contribution in [-0.4, -0.2) is 54.8 Å². The van der Waals surface area contributed by atoms with Crippen LogP contribution in [0.2, 0.25) is 0 Å². The van der Waals surface area contributed by atoms with Gasteiger partial charge in [0.1, 0.15) is 0 Å². The Labute approximate surface area is 139 Å². The molecule has 6 nitrogen and oxygen atoms in total. The van der Waals surface area contributed by atoms with Crippen LogP contribution < -0.4 is 5.32 Å². The zero-order valence-electron chi connectivity index (χ0n) is 15.1. The molecular formula is C16H30N2O4S. The maximum atomic E-state index is 12.4. The van der Waals surface area contributed by atoms with Crippen LogP contribution >= 0.6 is 0 Å². The number of carbonyl (C=O) groups is 2. The van der Waals surface area contributed by atoms with Gasteiger partial charge in [0.2, 0.25) is 0 Å². The van der Waals surface area contributed by atoms with Crippen molar-refractivity contribution in [3.05, 3.63) is 0 Å². The number of carbonyl (C=O) groups excluding carboxylic acids is 2. The van der Waals surface area contributed by atoms with E-state index in [1.807, 2.05) is 13.8 Å². The molecule has 1 aliphatic rings. The van der Waals surface area contributed by atoms with Gasteiger partial charge in [0.05, 0.1) is 11.5 Å². The third-order valence-electron chi connectivity index (χ3n) is 3.87. The normalized spacial score (nSPS) is 21.0. The molecule has 7 heteroatoms. The summed E-state index contributed by atoms with van der Waals surface area (Å²) in [6, 6.07) is -0.394. The smallest absolute Gasteiger partial charge is 0.312 e. The van der Waals surface area contributed by atoms with E-state index in [0.29, 0.717) is 13.0 Å². The fraction of sp³-hybridized carbons (Fsp3) is 0.875. The summed E-state index contributed by atoms with van der Waals surface area (Å²) in [5.41, 5.74) is -0.490. The van der Waals surface area contributed by atoms with E-state index in [1.54, 1.807) is 6.92 Å². The minimum atomic E-state index is -3.09. The largest absolute Gasteiger partial charge is 0.343 e. The van der Waals surface area contributed by atoms with Crippen LogP contribution in [0, 0.1) is 5.41 Å². The third-order valence-corrected chi connectivity index (χ3v) is 5.62. The van der Waals surface area contributed by atoms with Crippen LogP contribution in [0.1, 0.15) is 54.4 Å². The van der Waals surface area contributed by atoms with E-state index in [1.165, 1.54) is 4.90 Å². The molecule has 23 heavy (non-hydrogen) atoms. The summed E-state index contributed by atoms with van der Waals surface area (Å²) < 4.78 is 23.2. The Balaban J connectivity index is 2.76. The molecule has 134 valence electrons. The molecule has 1 aliphatic heterocycles. The summed E-state index contributed by atoms with van der Waals surface area (Å²) in [4.78, 5) is 26.1. The van der Waals surface area contributed by atoms with Crippen molar-refractivity contribution in [1.82, 2.24) is 10.2 Å². The molecular weight excluding hydrogens is 316 g/mol. The summed E-state index contributed by atoms with van der Waals surface area (Å²) in [7, 11) is -3.09. The standard InChI is InChI=1S/C16H30N2O4S/c1-7-18(12-8-9-23(21,22)10-12)14(20)13(19)17-16(5,6)11-15(2,3)4/h12H,7-11H2,1-6H3,(H,17,19). The highest BCUT2D eigenvalue weighted by molar-refractivity contribution is 7.91. The van der Waals surface area contributed by atoms with E-state index in [-0.39, 0.29) is 16.9 Å². The van der Waals surface area contributed by atoms with Gasteiger partial charge in [-0.15, -0.1) is 0 Å². The molecule has 1 unspecified atom stereocenters. The number of likely N-dealkylation sites (N-methyl/N-ethyl adjacent to an activating group) is 1. The molecule has 1 rings (SSSR count). The highest BCUT2D eigenvalue weighted by Gasteiger charge is 2.37. The van der Waals surface area contributed by atoms with Gasteiger partial charge in [-0.05, 0) is 39.0 Å². The van der Waals surface area contributed by atoms with Gasteiger partial charge in [-0.2, -0.15) is 0 Å². The van der Waals surface area contributed by atoms with Crippen LogP contribution in [0.3, 0.4) is 0 Å². The van der Waals surface area contributed by atoms with E-state index in [4.69, 9.17) is 0 Å². The Morgan fingerprint density at radius 3 is 2.13 bits per heavy atom. The average Bonchev–Trinajstić information content (AvgIpc) is 2.66. The minimum absolute atomic E-state index is 0.0177. The second-order valence-electron chi connectivity index (χ2n) is 8.22. The number of sulfone groups is 1. The fourth-order valence-corrected chi connectivity index (χ4v) is 5.18. The number of nitrogens with one attached hydrogen (secondary N) is 1. The van der Waals surface area contributed by atoms with Crippen molar-refractivity contribution in [3.8, 4) is 0 Å². The number of hydrogen-bond acceptors (Lipinski definition) is 4. The minimum Gasteiger partial charge on any atom is -0.343 e. The van der Waals surface area contributed by atoms with Gasteiger partial charge in [-0.25, -0.2) is 8.42 Å². The Hall–Kier alpha value is -1.11. The molecule has 0 bridgehead atoms. The molecule has 0 aromatic heterocycles. The predicted octanol–water partition coefficient (Wildman–Crippen LogP) is 1.35. The number of hydrogen-bond donors (Lipinski definition) is 1. The molecule has 1 heterocycles. The summed E-state index contributed by atoms with van der Waals surface area (Å²) >= 11 is 0. The van der Waals surface area contributed by atoms with E-state index in [9.17, 15) is 18.0 Å². The van der Waals surface area contributed by atoms with Crippen molar-refractivity contribution in [2.24, 2.45) is 5.41 Å². The predicted molar refractivity (Wildman–Crippen MR) is 90.7 cm³/mol. The first-order chi connectivity index (χ1) is 10.3. The maximum Gasteiger partial charge on any atom is 0.312 e. The molecule has 0 radical (unpaired) electrons. The average molecular weight is 346 g/mol. The van der Waals surface area contributed by atoms with E-state index >= 15 is 0 Å². The summed E-state index contributed by atoms with van der Waals surface area (Å²) in [6.45, 7) is 12.1. The molecule has 1 fully saturated rings. The van der Waals surface area contributed by atoms with Crippen molar-refractivity contribution in [1.29, 1.82) is 0 Å². The Bertz CT molecular complexity index is 561. The van der Waals surface area contributed by atoms with Crippen molar-refractivity contribution < 1.29 is 18.0 Å². The van der Waals surface area contributed by atoms with Crippen LogP contribution in [0.15, 0.2) is 0 Å². The number of rotatable bonds is 4. The van der Waals surface area contributed by atoms with Gasteiger partial charge in [0, 0.05) is 18.1 Å². The van der Waals surface area contributed by atoms with Gasteiger partial charge in [0.25, 0.3) is 0 Å². The first-order valence-corrected chi connectivity index (χ1v) is 9.92. The zero-order valence-corrected chi connectivity index (χ0v) is 15.9. The van der Waals surface area contributed by atoms with Crippen LogP contribution in [0.4, 0.5) is 0 Å². The van der Waals surface area contributed by atoms with Crippen LogP contribution in [0.25, 0.3) is 0 Å². The molecule has 2 amide bonds. The Kier molecular flexibility index (Phi) is 5.88. The highest BCUT2D eigenvalue weighted by atomic mass is 32.2. The van der Waals surface area contributed by atoms with Gasteiger partial charge >= 0.3 is 11.8 Å². The fourth-order valence-electron chi connectivity index (χ4n) is 3.45. The third kappa shape index (κ3) is 6.12. The quantitative estimate of drug-likeness (QED) is 0.779. The van der Waals surface area contributed by atoms with Gasteiger partial charge in [0.15, 0.2) is 9.84 Å². The van der Waals surface area contributed by atoms with Crippen molar-refractivity contribution in [2.45, 2.75) is 66.0 Å². The van der Waals surface area contributed by atoms with E-state index in [0.717, 1.165) is 6.42 Å². The molecule has 0 spiro atoms. The molecule has 0 aromatic carbocycles. The Morgan fingerprint density at radius 2 is 1.74 bits per heavy atom. The van der Waals surface area contributed by atoms with Gasteiger partial charge in [-0.1, -0.05) is 20.8 Å². The lowest BCUT2D eigenvalue weighted by Gasteiger charge is -2.34. The Morgan fingerprint density at radius 1 is 1.17 bits per heavy atom. The SMILES string of the molecule is CCN(C(=O)C(=O)NC(C)(C)CC(C)(C)C)C1CCS(=O)(=O)C1. The van der Waals surface area contributed by atoms with E-state index < -0.39 is 33.2 Å². The lowest BCUT2D eigenvalue weighted by Crippen LogP contribution is -2.54. The second-order valence-corrected chi connectivity index (χ2v) is 10.5. The molecule has 1 saturated heterocycles. The van der Waals surface area contributed by atoms with Gasteiger partial charge < -0.3 is 10.2 Å². The summed E-state index contributed by atoms with van der Waals surface area (Å²) in [5, 5.41) is 2.79. The van der Waals surface area contributed by atoms with Crippen LogP contribution in [-0.2, 0) is 19.4 Å². The zero-order chi connectivity index (χ0) is 18.1. The van der Waals surface area contributed by atoms with Crippen LogP contribution in [0.5, 0.6) is 0 Å². The topological polar surface area (TPSA) is 83.6 Å². The molecule has 1 N–H and O–H groups in total. The lowest BCUT2D eigenvalue weighted by molar-refractivity contribution is -0.148. The molecule has 0 saturated carbocycles. The molecule has 0 aromatic rings. The van der Waals surface area contributed by atoms with Gasteiger partial charge in [-0.3, -0.25) is 9.59 Å². The lowest BCUT2D eigenvalue weighted by atomic mass is 9.82. The summed E-state index contributed by atoms with van der Waals surface area (Å²) in [5.74, 6) is -1.27. The first-order valence-electron chi connectivity index (χ1n) is 8.10. The van der Waals surface area contributed by atoms with Crippen molar-refractivity contribution in [3.63, 3.8) is 0 Å².